The minimum absolute atomic E-state index is 0.107. The van der Waals surface area contributed by atoms with Gasteiger partial charge >= 0.3 is 0 Å². The Morgan fingerprint density at radius 1 is 1.03 bits per heavy atom. The van der Waals surface area contributed by atoms with Crippen LogP contribution in [-0.2, 0) is 4.79 Å². The zero-order valence-electron chi connectivity index (χ0n) is 16.1. The van der Waals surface area contributed by atoms with Crippen LogP contribution in [0.4, 0.5) is 5.69 Å². The van der Waals surface area contributed by atoms with Gasteiger partial charge in [0.15, 0.2) is 11.5 Å². The molecule has 0 saturated carbocycles. The van der Waals surface area contributed by atoms with Crippen molar-refractivity contribution in [1.82, 2.24) is 0 Å². The lowest BCUT2D eigenvalue weighted by Crippen LogP contribution is -2.14. The molecule has 0 bridgehead atoms. The highest BCUT2D eigenvalue weighted by molar-refractivity contribution is 14.1. The van der Waals surface area contributed by atoms with Crippen LogP contribution in [0.3, 0.4) is 0 Å². The fraction of sp³-hybridized carbons (Fsp3) is 0.200. The van der Waals surface area contributed by atoms with Crippen molar-refractivity contribution in [3.63, 3.8) is 0 Å². The first-order chi connectivity index (χ1) is 13.9. The summed E-state index contributed by atoms with van der Waals surface area (Å²) in [5.41, 5.74) is 0.824. The van der Waals surface area contributed by atoms with Crippen molar-refractivity contribution in [2.45, 2.75) is 0 Å². The molecule has 7 nitrogen and oxygen atoms in total. The van der Waals surface area contributed by atoms with Crippen LogP contribution in [0.2, 0.25) is 5.02 Å². The van der Waals surface area contributed by atoms with Crippen LogP contribution in [0.1, 0.15) is 5.56 Å². The number of halogens is 2. The number of carbonyl (C=O) groups is 1. The maximum atomic E-state index is 12.7. The first-order valence-electron chi connectivity index (χ1n) is 8.14. The number of anilines is 1. The van der Waals surface area contributed by atoms with E-state index in [0.717, 1.165) is 3.57 Å². The van der Waals surface area contributed by atoms with Gasteiger partial charge in [-0.05, 0) is 46.4 Å². The van der Waals surface area contributed by atoms with E-state index in [9.17, 15) is 10.1 Å². The highest BCUT2D eigenvalue weighted by Gasteiger charge is 2.16. The molecule has 0 aliphatic heterocycles. The van der Waals surface area contributed by atoms with Crippen LogP contribution >= 0.6 is 34.2 Å². The maximum absolute atomic E-state index is 12.7. The summed E-state index contributed by atoms with van der Waals surface area (Å²) in [5, 5.41) is 12.5. The Hall–Kier alpha value is -2.64. The van der Waals surface area contributed by atoms with Crippen molar-refractivity contribution in [1.29, 1.82) is 5.26 Å². The molecule has 0 heterocycles. The third-order valence-corrected chi connectivity index (χ3v) is 4.95. The van der Waals surface area contributed by atoms with Crippen molar-refractivity contribution in [3.05, 3.63) is 44.0 Å². The van der Waals surface area contributed by atoms with Gasteiger partial charge in [-0.25, -0.2) is 0 Å². The Kier molecular flexibility index (Phi) is 7.99. The Morgan fingerprint density at radius 3 is 2.24 bits per heavy atom. The molecule has 2 rings (SSSR count). The van der Waals surface area contributed by atoms with Gasteiger partial charge < -0.3 is 24.3 Å². The highest BCUT2D eigenvalue weighted by Crippen LogP contribution is 2.36. The van der Waals surface area contributed by atoms with Crippen molar-refractivity contribution in [3.8, 4) is 29.1 Å². The SMILES string of the molecule is COc1cc(NC(=O)/C(C#N)=C/c2cc(I)c(OC)c(OC)c2)c(OC)cc1Cl. The number of ether oxygens (including phenoxy) is 4. The number of nitrogens with one attached hydrogen (secondary N) is 1. The summed E-state index contributed by atoms with van der Waals surface area (Å²) in [6.45, 7) is 0. The third kappa shape index (κ3) is 5.25. The highest BCUT2D eigenvalue weighted by atomic mass is 127. The Bertz CT molecular complexity index is 1000. The Balaban J connectivity index is 2.40. The zero-order chi connectivity index (χ0) is 21.6. The van der Waals surface area contributed by atoms with Crippen LogP contribution in [0.15, 0.2) is 29.8 Å². The van der Waals surface area contributed by atoms with E-state index in [-0.39, 0.29) is 5.57 Å². The molecule has 2 aromatic carbocycles. The van der Waals surface area contributed by atoms with Crippen molar-refractivity contribution in [2.75, 3.05) is 33.8 Å². The molecule has 0 atom stereocenters. The smallest absolute Gasteiger partial charge is 0.266 e. The number of amides is 1. The summed E-state index contributed by atoms with van der Waals surface area (Å²) in [7, 11) is 5.95. The topological polar surface area (TPSA) is 89.8 Å². The van der Waals surface area contributed by atoms with Gasteiger partial charge in [-0.3, -0.25) is 4.79 Å². The van der Waals surface area contributed by atoms with Gasteiger partial charge in [-0.15, -0.1) is 0 Å². The second-order valence-corrected chi connectivity index (χ2v) is 7.12. The standard InChI is InChI=1S/C20H18ClIN2O5/c1-26-16-9-15(17(27-2)8-13(16)21)24-20(25)12(10-23)5-11-6-14(22)19(29-4)18(7-11)28-3/h5-9H,1-4H3,(H,24,25)/b12-5+. The minimum Gasteiger partial charge on any atom is -0.495 e. The number of hydrogen-bond donors (Lipinski definition) is 1. The Morgan fingerprint density at radius 2 is 1.69 bits per heavy atom. The van der Waals surface area contributed by atoms with Crippen LogP contribution < -0.4 is 24.3 Å². The lowest BCUT2D eigenvalue weighted by Gasteiger charge is -2.13. The molecule has 0 unspecified atom stereocenters. The van der Waals surface area contributed by atoms with Crippen LogP contribution in [0.25, 0.3) is 6.08 Å². The number of carbonyl (C=O) groups excluding carboxylic acids is 1. The van der Waals surface area contributed by atoms with Gasteiger partial charge in [0.25, 0.3) is 5.91 Å². The van der Waals surface area contributed by atoms with Gasteiger partial charge in [-0.1, -0.05) is 11.6 Å². The molecule has 0 radical (unpaired) electrons. The monoisotopic (exact) mass is 528 g/mol. The van der Waals surface area contributed by atoms with E-state index in [1.165, 1.54) is 46.6 Å². The maximum Gasteiger partial charge on any atom is 0.266 e. The van der Waals surface area contributed by atoms with Crippen molar-refractivity contribution >= 4 is 51.9 Å². The van der Waals surface area contributed by atoms with Gasteiger partial charge in [0.1, 0.15) is 23.1 Å². The van der Waals surface area contributed by atoms with Crippen LogP contribution in [0.5, 0.6) is 23.0 Å². The average molecular weight is 529 g/mol. The number of benzene rings is 2. The number of methoxy groups -OCH3 is 4. The van der Waals surface area contributed by atoms with Crippen molar-refractivity contribution in [2.24, 2.45) is 0 Å². The summed E-state index contributed by atoms with van der Waals surface area (Å²) in [6, 6.07) is 8.40. The van der Waals surface area contributed by atoms with E-state index >= 15 is 0 Å². The lowest BCUT2D eigenvalue weighted by atomic mass is 10.1. The fourth-order valence-electron chi connectivity index (χ4n) is 2.48. The summed E-state index contributed by atoms with van der Waals surface area (Å²) >= 11 is 8.17. The van der Waals surface area contributed by atoms with Crippen molar-refractivity contribution < 1.29 is 23.7 Å². The van der Waals surface area contributed by atoms with Gasteiger partial charge in [0.05, 0.1) is 42.7 Å². The first kappa shape index (κ1) is 22.6. The lowest BCUT2D eigenvalue weighted by molar-refractivity contribution is -0.112. The zero-order valence-corrected chi connectivity index (χ0v) is 19.0. The molecule has 0 saturated heterocycles. The number of nitrogens with zero attached hydrogens (tertiary/aromatic N) is 1. The molecular weight excluding hydrogens is 511 g/mol. The molecular formula is C20H18ClIN2O5. The van der Waals surface area contributed by atoms with E-state index in [2.05, 4.69) is 27.9 Å². The molecule has 0 spiro atoms. The van der Waals surface area contributed by atoms with E-state index in [0.29, 0.717) is 39.3 Å². The second kappa shape index (κ2) is 10.2. The van der Waals surface area contributed by atoms with Gasteiger partial charge in [-0.2, -0.15) is 5.26 Å². The predicted molar refractivity (Wildman–Crippen MR) is 119 cm³/mol. The van der Waals surface area contributed by atoms with E-state index in [4.69, 9.17) is 30.5 Å². The van der Waals surface area contributed by atoms with Crippen LogP contribution in [0, 0.1) is 14.9 Å². The van der Waals surface area contributed by atoms with Crippen LogP contribution in [-0.4, -0.2) is 34.3 Å². The van der Waals surface area contributed by atoms with E-state index < -0.39 is 5.91 Å². The summed E-state index contributed by atoms with van der Waals surface area (Å²) in [4.78, 5) is 12.7. The molecule has 9 heteroatoms. The molecule has 0 aliphatic carbocycles. The average Bonchev–Trinajstić information content (AvgIpc) is 2.72. The molecule has 1 amide bonds. The predicted octanol–water partition coefficient (Wildman–Crippen LogP) is 4.52. The minimum atomic E-state index is -0.611. The van der Waals surface area contributed by atoms with Gasteiger partial charge in [0.2, 0.25) is 0 Å². The summed E-state index contributed by atoms with van der Waals surface area (Å²) in [6.07, 6.45) is 1.46. The molecule has 152 valence electrons. The van der Waals surface area contributed by atoms with E-state index in [1.54, 1.807) is 12.1 Å². The second-order valence-electron chi connectivity index (χ2n) is 5.55. The van der Waals surface area contributed by atoms with E-state index in [1.807, 2.05) is 6.07 Å². The molecule has 2 aromatic rings. The summed E-state index contributed by atoms with van der Waals surface area (Å²) in [5.74, 6) is 1.15. The normalized spacial score (nSPS) is 10.7. The number of hydrogen-bond acceptors (Lipinski definition) is 6. The molecule has 1 N–H and O–H groups in total. The van der Waals surface area contributed by atoms with Gasteiger partial charge in [0, 0.05) is 12.1 Å². The molecule has 0 aliphatic rings. The molecule has 29 heavy (non-hydrogen) atoms. The number of nitriles is 1. The number of rotatable bonds is 7. The largest absolute Gasteiger partial charge is 0.495 e. The molecule has 0 aromatic heterocycles. The Labute approximate surface area is 187 Å². The third-order valence-electron chi connectivity index (χ3n) is 3.85. The molecule has 0 fully saturated rings. The summed E-state index contributed by atoms with van der Waals surface area (Å²) < 4.78 is 21.8. The quantitative estimate of drug-likeness (QED) is 0.323. The first-order valence-corrected chi connectivity index (χ1v) is 9.60. The fourth-order valence-corrected chi connectivity index (χ4v) is 3.56.